The van der Waals surface area contributed by atoms with E-state index in [-0.39, 0.29) is 21.2 Å². The Balaban J connectivity index is 2.15. The van der Waals surface area contributed by atoms with Crippen molar-refractivity contribution >= 4 is 31.7 Å². The molecular formula is C18H22N2O7S2. The number of nitrogens with one attached hydrogen (secondary N) is 1. The Morgan fingerprint density at radius 3 is 1.93 bits per heavy atom. The smallest absolute Gasteiger partial charge is 0.341 e. The lowest BCUT2D eigenvalue weighted by molar-refractivity contribution is -0.139. The molecule has 0 heterocycles. The zero-order valence-electron chi connectivity index (χ0n) is 15.9. The number of rotatable bonds is 10. The molecule has 0 fully saturated rings. The van der Waals surface area contributed by atoms with Crippen LogP contribution in [0.1, 0.15) is 13.8 Å². The van der Waals surface area contributed by atoms with E-state index < -0.39 is 32.6 Å². The summed E-state index contributed by atoms with van der Waals surface area (Å²) in [6.45, 7) is 3.61. The van der Waals surface area contributed by atoms with E-state index in [1.54, 1.807) is 13.8 Å². The van der Waals surface area contributed by atoms with Gasteiger partial charge in [0.1, 0.15) is 5.75 Å². The van der Waals surface area contributed by atoms with E-state index in [0.717, 1.165) is 0 Å². The molecule has 0 saturated heterocycles. The van der Waals surface area contributed by atoms with Crippen LogP contribution in [0.15, 0.2) is 58.3 Å². The molecule has 0 atom stereocenters. The maximum atomic E-state index is 12.5. The molecule has 0 aliphatic rings. The van der Waals surface area contributed by atoms with Gasteiger partial charge in [0.25, 0.3) is 10.0 Å². The van der Waals surface area contributed by atoms with Crippen molar-refractivity contribution in [2.45, 2.75) is 23.6 Å². The molecule has 2 aromatic carbocycles. The summed E-state index contributed by atoms with van der Waals surface area (Å²) in [5.74, 6) is -0.924. The molecule has 0 amide bonds. The molecule has 0 spiro atoms. The number of nitrogens with zero attached hydrogens (tertiary/aromatic N) is 1. The Morgan fingerprint density at radius 1 is 0.931 bits per heavy atom. The van der Waals surface area contributed by atoms with E-state index in [9.17, 15) is 21.6 Å². The first-order valence-corrected chi connectivity index (χ1v) is 11.6. The highest BCUT2D eigenvalue weighted by molar-refractivity contribution is 7.92. The van der Waals surface area contributed by atoms with Gasteiger partial charge in [0.05, 0.1) is 9.79 Å². The Bertz CT molecular complexity index is 1040. The van der Waals surface area contributed by atoms with Gasteiger partial charge in [-0.25, -0.2) is 21.6 Å². The molecule has 0 saturated carbocycles. The Labute approximate surface area is 170 Å². The average Bonchev–Trinajstić information content (AvgIpc) is 2.67. The molecule has 0 radical (unpaired) electrons. The van der Waals surface area contributed by atoms with E-state index in [0.29, 0.717) is 13.1 Å². The Morgan fingerprint density at radius 2 is 1.45 bits per heavy atom. The van der Waals surface area contributed by atoms with Crippen molar-refractivity contribution in [3.63, 3.8) is 0 Å². The second-order valence-electron chi connectivity index (χ2n) is 5.87. The zero-order valence-corrected chi connectivity index (χ0v) is 17.5. The van der Waals surface area contributed by atoms with Gasteiger partial charge in [-0.3, -0.25) is 4.72 Å². The van der Waals surface area contributed by atoms with E-state index in [1.807, 2.05) is 0 Å². The van der Waals surface area contributed by atoms with Crippen LogP contribution in [0, 0.1) is 0 Å². The van der Waals surface area contributed by atoms with Gasteiger partial charge < -0.3 is 9.84 Å². The fraction of sp³-hybridized carbons (Fsp3) is 0.278. The molecule has 0 aromatic heterocycles. The van der Waals surface area contributed by atoms with E-state index in [2.05, 4.69) is 4.72 Å². The molecular weight excluding hydrogens is 420 g/mol. The quantitative estimate of drug-likeness (QED) is 0.575. The maximum absolute atomic E-state index is 12.5. The van der Waals surface area contributed by atoms with Crippen molar-refractivity contribution in [2.75, 3.05) is 24.4 Å². The minimum absolute atomic E-state index is 0.0555. The van der Waals surface area contributed by atoms with Crippen LogP contribution in [0.25, 0.3) is 0 Å². The maximum Gasteiger partial charge on any atom is 0.341 e. The van der Waals surface area contributed by atoms with Gasteiger partial charge in [0.2, 0.25) is 10.0 Å². The number of benzene rings is 2. The van der Waals surface area contributed by atoms with Gasteiger partial charge in [-0.1, -0.05) is 13.8 Å². The highest BCUT2D eigenvalue weighted by Gasteiger charge is 2.22. The van der Waals surface area contributed by atoms with Gasteiger partial charge in [0, 0.05) is 18.8 Å². The van der Waals surface area contributed by atoms with Crippen molar-refractivity contribution < 1.29 is 31.5 Å². The van der Waals surface area contributed by atoms with Gasteiger partial charge in [-0.2, -0.15) is 4.31 Å². The minimum atomic E-state index is -3.92. The monoisotopic (exact) mass is 442 g/mol. The molecule has 2 aromatic rings. The largest absolute Gasteiger partial charge is 0.482 e. The average molecular weight is 443 g/mol. The molecule has 11 heteroatoms. The Hall–Kier alpha value is -2.63. The number of hydrogen-bond acceptors (Lipinski definition) is 6. The second-order valence-corrected chi connectivity index (χ2v) is 9.49. The lowest BCUT2D eigenvalue weighted by Crippen LogP contribution is -2.30. The summed E-state index contributed by atoms with van der Waals surface area (Å²) in [6.07, 6.45) is 0. The van der Waals surface area contributed by atoms with Gasteiger partial charge in [-0.15, -0.1) is 0 Å². The summed E-state index contributed by atoms with van der Waals surface area (Å²) in [5.41, 5.74) is 0.203. The first-order chi connectivity index (χ1) is 13.6. The van der Waals surface area contributed by atoms with Crippen molar-refractivity contribution in [3.05, 3.63) is 48.5 Å². The molecule has 0 aliphatic carbocycles. The first kappa shape index (κ1) is 22.7. The number of anilines is 1. The SMILES string of the molecule is CCN(CC)S(=O)(=O)c1ccc(NS(=O)(=O)c2ccc(OCC(=O)O)cc2)cc1. The standard InChI is InChI=1S/C18H22N2O7S2/c1-3-20(4-2)29(25,26)17-9-5-14(6-10-17)19-28(23,24)16-11-7-15(8-12-16)27-13-18(21)22/h5-12,19H,3-4,13H2,1-2H3,(H,21,22). The molecule has 2 rings (SSSR count). The van der Waals surface area contributed by atoms with Crippen LogP contribution in [-0.2, 0) is 24.8 Å². The predicted octanol–water partition coefficient (Wildman–Crippen LogP) is 1.98. The first-order valence-electron chi connectivity index (χ1n) is 8.68. The van der Waals surface area contributed by atoms with Crippen molar-refractivity contribution in [2.24, 2.45) is 0 Å². The molecule has 158 valence electrons. The van der Waals surface area contributed by atoms with Crippen LogP contribution in [0.3, 0.4) is 0 Å². The number of ether oxygens (including phenoxy) is 1. The number of hydrogen-bond donors (Lipinski definition) is 2. The van der Waals surface area contributed by atoms with Crippen LogP contribution in [0.5, 0.6) is 5.75 Å². The third-order valence-corrected chi connectivity index (χ3v) is 7.41. The zero-order chi connectivity index (χ0) is 21.7. The van der Waals surface area contributed by atoms with Crippen LogP contribution in [-0.4, -0.2) is 51.9 Å². The number of aliphatic carboxylic acids is 1. The number of carboxylic acids is 1. The van der Waals surface area contributed by atoms with Crippen molar-refractivity contribution in [1.29, 1.82) is 0 Å². The van der Waals surface area contributed by atoms with Crippen LogP contribution < -0.4 is 9.46 Å². The van der Waals surface area contributed by atoms with E-state index >= 15 is 0 Å². The van der Waals surface area contributed by atoms with Crippen LogP contribution >= 0.6 is 0 Å². The lowest BCUT2D eigenvalue weighted by Gasteiger charge is -2.18. The van der Waals surface area contributed by atoms with Gasteiger partial charge >= 0.3 is 5.97 Å². The van der Waals surface area contributed by atoms with E-state index in [1.165, 1.54) is 52.8 Å². The molecule has 29 heavy (non-hydrogen) atoms. The third kappa shape index (κ3) is 5.68. The summed E-state index contributed by atoms with van der Waals surface area (Å²) in [4.78, 5) is 10.5. The number of carbonyl (C=O) groups is 1. The van der Waals surface area contributed by atoms with Crippen molar-refractivity contribution in [3.8, 4) is 5.75 Å². The van der Waals surface area contributed by atoms with Gasteiger partial charge in [0.15, 0.2) is 6.61 Å². The van der Waals surface area contributed by atoms with Crippen molar-refractivity contribution in [1.82, 2.24) is 4.31 Å². The Kier molecular flexibility index (Phi) is 7.22. The summed E-state index contributed by atoms with van der Waals surface area (Å²) in [6, 6.07) is 10.7. The number of sulfonamides is 2. The molecule has 0 aliphatic heterocycles. The molecule has 9 nitrogen and oxygen atoms in total. The fourth-order valence-corrected chi connectivity index (χ4v) is 5.00. The minimum Gasteiger partial charge on any atom is -0.482 e. The molecule has 0 unspecified atom stereocenters. The lowest BCUT2D eigenvalue weighted by atomic mass is 10.3. The summed E-state index contributed by atoms with van der Waals surface area (Å²) >= 11 is 0. The number of carboxylic acid groups (broad SMARTS) is 1. The fourth-order valence-electron chi connectivity index (χ4n) is 2.48. The summed E-state index contributed by atoms with van der Waals surface area (Å²) in [7, 11) is -7.55. The highest BCUT2D eigenvalue weighted by atomic mass is 32.2. The molecule has 2 N–H and O–H groups in total. The highest BCUT2D eigenvalue weighted by Crippen LogP contribution is 2.22. The van der Waals surface area contributed by atoms with E-state index in [4.69, 9.17) is 9.84 Å². The van der Waals surface area contributed by atoms with Gasteiger partial charge in [-0.05, 0) is 48.5 Å². The van der Waals surface area contributed by atoms with Crippen LogP contribution in [0.4, 0.5) is 5.69 Å². The van der Waals surface area contributed by atoms with Crippen LogP contribution in [0.2, 0.25) is 0 Å². The summed E-state index contributed by atoms with van der Waals surface area (Å²) < 4.78 is 58.6. The topological polar surface area (TPSA) is 130 Å². The normalized spacial score (nSPS) is 12.0. The third-order valence-electron chi connectivity index (χ3n) is 3.95. The second kappa shape index (κ2) is 9.25. The predicted molar refractivity (Wildman–Crippen MR) is 107 cm³/mol. The molecule has 0 bridgehead atoms. The summed E-state index contributed by atoms with van der Waals surface area (Å²) in [5, 5.41) is 8.58.